The number of carbonyl (C=O) groups excluding carboxylic acids is 2. The van der Waals surface area contributed by atoms with Crippen molar-refractivity contribution >= 4 is 47.0 Å². The van der Waals surface area contributed by atoms with Crippen molar-refractivity contribution in [1.82, 2.24) is 10.6 Å². The van der Waals surface area contributed by atoms with E-state index in [9.17, 15) is 29.4 Å². The number of carboxylic acids is 2. The van der Waals surface area contributed by atoms with E-state index in [1.807, 2.05) is 0 Å². The maximum Gasteiger partial charge on any atom is 0.322 e. The number of carboxylic acid groups (broad SMARTS) is 2. The van der Waals surface area contributed by atoms with Gasteiger partial charge in [-0.1, -0.05) is 89.9 Å². The first-order valence-electron chi connectivity index (χ1n) is 22.9. The molecule has 336 valence electrons. The summed E-state index contributed by atoms with van der Waals surface area (Å²) in [6, 6.07) is 6.02. The summed E-state index contributed by atoms with van der Waals surface area (Å²) in [5.41, 5.74) is 1.50. The van der Waals surface area contributed by atoms with Gasteiger partial charge in [-0.05, 0) is 158 Å². The first-order chi connectivity index (χ1) is 28.8. The van der Waals surface area contributed by atoms with Crippen molar-refractivity contribution in [2.75, 3.05) is 13.1 Å². The Bertz CT molecular complexity index is 1870. The zero-order chi connectivity index (χ0) is 44.4. The number of nitrogens with one attached hydrogen (secondary N) is 2. The predicted molar refractivity (Wildman–Crippen MR) is 238 cm³/mol. The highest BCUT2D eigenvalue weighted by Crippen LogP contribution is 2.69. The minimum atomic E-state index is -1.25. The maximum atomic E-state index is 13.1. The zero-order valence-electron chi connectivity index (χ0n) is 36.7. The number of hydrogen-bond donors (Lipinski definition) is 6. The molecule has 6 rings (SSSR count). The van der Waals surface area contributed by atoms with Crippen LogP contribution in [0.15, 0.2) is 24.3 Å². The molecular weight excluding hydrogens is 815 g/mol. The van der Waals surface area contributed by atoms with Crippen LogP contribution in [0.5, 0.6) is 11.5 Å². The summed E-state index contributed by atoms with van der Waals surface area (Å²) < 4.78 is 0. The van der Waals surface area contributed by atoms with E-state index in [4.69, 9.17) is 33.4 Å². The number of amides is 2. The molecule has 0 radical (unpaired) electrons. The summed E-state index contributed by atoms with van der Waals surface area (Å²) in [5.74, 6) is 0.537. The number of aliphatic carboxylic acids is 2. The van der Waals surface area contributed by atoms with Crippen molar-refractivity contribution in [3.05, 3.63) is 56.6 Å². The smallest absolute Gasteiger partial charge is 0.322 e. The predicted octanol–water partition coefficient (Wildman–Crippen LogP) is 11.1. The Labute approximate surface area is 371 Å². The molecule has 6 N–H and O–H groups in total. The van der Waals surface area contributed by atoms with Crippen molar-refractivity contribution in [1.29, 1.82) is 0 Å². The van der Waals surface area contributed by atoms with E-state index >= 15 is 0 Å². The van der Waals surface area contributed by atoms with Crippen LogP contribution < -0.4 is 10.6 Å². The monoisotopic (exact) mass is 882 g/mol. The van der Waals surface area contributed by atoms with E-state index < -0.39 is 54.3 Å². The lowest BCUT2D eigenvalue weighted by Gasteiger charge is -2.61. The number of phenols is 2. The van der Waals surface area contributed by atoms with Crippen molar-refractivity contribution < 1.29 is 39.6 Å². The topological polar surface area (TPSA) is 173 Å². The second-order valence-corrected chi connectivity index (χ2v) is 21.1. The van der Waals surface area contributed by atoms with E-state index in [0.717, 1.165) is 48.3 Å². The molecule has 61 heavy (non-hydrogen) atoms. The quantitative estimate of drug-likeness (QED) is 0.0911. The lowest BCUT2D eigenvalue weighted by molar-refractivity contribution is -0.136. The molecule has 0 aromatic heterocycles. The largest absolute Gasteiger partial charge is 0.506 e. The van der Waals surface area contributed by atoms with E-state index in [-0.39, 0.29) is 21.2 Å². The van der Waals surface area contributed by atoms with Gasteiger partial charge in [-0.25, -0.2) is 0 Å². The Morgan fingerprint density at radius 2 is 1.26 bits per heavy atom. The molecule has 12 heteroatoms. The molecule has 0 saturated heterocycles. The third-order valence-corrected chi connectivity index (χ3v) is 16.9. The summed E-state index contributed by atoms with van der Waals surface area (Å²) in [4.78, 5) is 48.5. The van der Waals surface area contributed by atoms with Crippen molar-refractivity contribution in [2.45, 2.75) is 137 Å². The maximum absolute atomic E-state index is 13.1. The summed E-state index contributed by atoms with van der Waals surface area (Å²) in [7, 11) is 0. The van der Waals surface area contributed by atoms with Crippen molar-refractivity contribution in [2.24, 2.45) is 58.2 Å². The van der Waals surface area contributed by atoms with E-state index in [1.54, 1.807) is 12.1 Å². The average molecular weight is 884 g/mol. The van der Waals surface area contributed by atoms with Gasteiger partial charge >= 0.3 is 11.9 Å². The van der Waals surface area contributed by atoms with Crippen LogP contribution in [0.4, 0.5) is 0 Å². The molecule has 9 atom stereocenters. The molecule has 0 bridgehead atoms. The number of hydrogen-bond acceptors (Lipinski definition) is 6. The molecule has 0 aliphatic heterocycles. The molecule has 4 aliphatic rings. The van der Waals surface area contributed by atoms with Crippen LogP contribution in [0.1, 0.15) is 169 Å². The fraction of sp³-hybridized carbons (Fsp3) is 0.673. The molecule has 4 fully saturated rings. The summed E-state index contributed by atoms with van der Waals surface area (Å²) in [6.45, 7) is 11.2. The molecule has 1 unspecified atom stereocenters. The fourth-order valence-corrected chi connectivity index (χ4v) is 13.7. The fourth-order valence-electron chi connectivity index (χ4n) is 13.3. The molecule has 2 amide bonds. The first kappa shape index (κ1) is 47.0. The minimum absolute atomic E-state index is 0.109. The van der Waals surface area contributed by atoms with Gasteiger partial charge < -0.3 is 31.1 Å². The van der Waals surface area contributed by atoms with E-state index in [2.05, 4.69) is 45.3 Å². The van der Waals surface area contributed by atoms with Crippen LogP contribution in [0, 0.1) is 58.2 Å². The van der Waals surface area contributed by atoms with Gasteiger partial charge in [0.15, 0.2) is 0 Å². The highest BCUT2D eigenvalue weighted by Gasteiger charge is 2.60. The van der Waals surface area contributed by atoms with Crippen LogP contribution in [-0.2, 0) is 9.59 Å². The summed E-state index contributed by atoms with van der Waals surface area (Å²) >= 11 is 13.0. The Balaban J connectivity index is 1.17. The van der Waals surface area contributed by atoms with Crippen LogP contribution in [0.2, 0.25) is 10.0 Å². The van der Waals surface area contributed by atoms with E-state index in [1.165, 1.54) is 89.2 Å². The zero-order valence-corrected chi connectivity index (χ0v) is 38.2. The standard InChI is InChI=1S/C49H68Cl2N2O8/c1-27(2)8-6-9-28(3)37-14-15-38-34-13-12-32-20-29(16-18-48(32,4)39(34)17-19-49(37,38)5)10-7-11-33(30-21-35(44(58)40(50)23-30)46(60)52-25-42(54)55)31-22-36(45(59)41(51)24-31)47(61)53-26-43(56)57/h21-24,27-29,32-34,37-39,58-59H,6-20,25-26H2,1-5H3,(H,52,60)(H,53,61)(H,54,55)(H,56,57)/t28?,29-,32-,34-,37+,38-,39-,48-,49+/m0/s1. The third kappa shape index (κ3) is 10.2. The molecule has 0 heterocycles. The number of fused-ring (bicyclic) bond motifs is 5. The minimum Gasteiger partial charge on any atom is -0.506 e. The number of halogens is 2. The van der Waals surface area contributed by atoms with Crippen LogP contribution in [0.3, 0.4) is 0 Å². The molecule has 0 spiro atoms. The van der Waals surface area contributed by atoms with E-state index in [0.29, 0.717) is 40.2 Å². The highest BCUT2D eigenvalue weighted by atomic mass is 35.5. The van der Waals surface area contributed by atoms with Gasteiger partial charge in [-0.2, -0.15) is 0 Å². The number of benzene rings is 2. The van der Waals surface area contributed by atoms with Crippen LogP contribution in [-0.4, -0.2) is 57.3 Å². The number of carbonyl (C=O) groups is 4. The van der Waals surface area contributed by atoms with Crippen LogP contribution in [0.25, 0.3) is 0 Å². The van der Waals surface area contributed by atoms with Gasteiger partial charge in [0, 0.05) is 5.92 Å². The lowest BCUT2D eigenvalue weighted by atomic mass is 9.44. The summed E-state index contributed by atoms with van der Waals surface area (Å²) in [5, 5.41) is 44.2. The van der Waals surface area contributed by atoms with Gasteiger partial charge in [0.25, 0.3) is 11.8 Å². The molecule has 4 aliphatic carbocycles. The van der Waals surface area contributed by atoms with Gasteiger partial charge in [0.05, 0.1) is 21.2 Å². The molecule has 10 nitrogen and oxygen atoms in total. The Morgan fingerprint density at radius 3 is 1.82 bits per heavy atom. The lowest BCUT2D eigenvalue weighted by Crippen LogP contribution is -2.53. The van der Waals surface area contributed by atoms with Gasteiger partial charge in [-0.15, -0.1) is 0 Å². The van der Waals surface area contributed by atoms with Crippen LogP contribution >= 0.6 is 23.2 Å². The first-order valence-corrected chi connectivity index (χ1v) is 23.6. The normalized spacial score (nSPS) is 28.7. The molecule has 2 aromatic rings. The SMILES string of the molecule is CC(C)CCCC(C)[C@H]1CC[C@H]2[C@@H]3CC[C@H]4C[C@@H](CCCC(c5cc(Cl)c(O)c(C(=O)NCC(=O)O)c5)c5cc(Cl)c(O)c(C(=O)NCC(=O)O)c5)CC[C@]4(C)[C@H]3CC[C@]12C. The molecule has 2 aromatic carbocycles. The van der Waals surface area contributed by atoms with Gasteiger partial charge in [0.2, 0.25) is 0 Å². The molecule has 4 saturated carbocycles. The summed E-state index contributed by atoms with van der Waals surface area (Å²) in [6.07, 6.45) is 18.2. The second-order valence-electron chi connectivity index (χ2n) is 20.3. The van der Waals surface area contributed by atoms with Crippen molar-refractivity contribution in [3.8, 4) is 11.5 Å². The average Bonchev–Trinajstić information content (AvgIpc) is 3.57. The van der Waals surface area contributed by atoms with Crippen molar-refractivity contribution in [3.63, 3.8) is 0 Å². The van der Waals surface area contributed by atoms with Gasteiger partial charge in [0.1, 0.15) is 24.6 Å². The number of rotatable bonds is 17. The third-order valence-electron chi connectivity index (χ3n) is 16.3. The Hall–Kier alpha value is -3.50. The van der Waals surface area contributed by atoms with Gasteiger partial charge in [-0.3, -0.25) is 19.2 Å². The second kappa shape index (κ2) is 19.5. The number of phenolic OH excluding ortho intramolecular Hbond substituents is 2. The Morgan fingerprint density at radius 1 is 0.705 bits per heavy atom. The highest BCUT2D eigenvalue weighted by molar-refractivity contribution is 6.33. The number of aromatic hydroxyl groups is 2. The molecular formula is C49H68Cl2N2O8. The Kier molecular flexibility index (Phi) is 15.0.